The molecule has 1 aliphatic heterocycles. The first-order valence-electron chi connectivity index (χ1n) is 6.32. The molecule has 0 radical (unpaired) electrons. The summed E-state index contributed by atoms with van der Waals surface area (Å²) in [6.45, 7) is 9.12. The molecule has 0 aromatic carbocycles. The molecule has 0 aromatic rings. The van der Waals surface area contributed by atoms with Crippen LogP contribution in [0.4, 0.5) is 9.59 Å². The molecule has 0 atom stereocenters. The van der Waals surface area contributed by atoms with Crippen molar-refractivity contribution in [3.05, 3.63) is 0 Å². The molecule has 1 fully saturated rings. The Labute approximate surface area is 108 Å². The number of hydrogen-bond acceptors (Lipinski definition) is 3. The predicted molar refractivity (Wildman–Crippen MR) is 68.4 cm³/mol. The van der Waals surface area contributed by atoms with Crippen molar-refractivity contribution in [2.24, 2.45) is 5.41 Å². The molecule has 0 aliphatic carbocycles. The summed E-state index contributed by atoms with van der Waals surface area (Å²) >= 11 is 0. The van der Waals surface area contributed by atoms with Crippen LogP contribution in [0.3, 0.4) is 0 Å². The zero-order valence-corrected chi connectivity index (χ0v) is 11.4. The predicted octanol–water partition coefficient (Wildman–Crippen LogP) is 1.17. The van der Waals surface area contributed by atoms with Crippen molar-refractivity contribution in [1.29, 1.82) is 0 Å². The van der Waals surface area contributed by atoms with Gasteiger partial charge < -0.3 is 20.3 Å². The Balaban J connectivity index is 2.03. The van der Waals surface area contributed by atoms with Gasteiger partial charge in [0.1, 0.15) is 6.61 Å². The Morgan fingerprint density at radius 3 is 2.67 bits per heavy atom. The Morgan fingerprint density at radius 2 is 2.11 bits per heavy atom. The van der Waals surface area contributed by atoms with Gasteiger partial charge in [0.25, 0.3) is 0 Å². The van der Waals surface area contributed by atoms with Crippen molar-refractivity contribution in [3.63, 3.8) is 0 Å². The van der Waals surface area contributed by atoms with E-state index in [1.54, 1.807) is 4.90 Å². The average Bonchev–Trinajstić information content (AvgIpc) is 2.67. The van der Waals surface area contributed by atoms with Crippen LogP contribution in [0.25, 0.3) is 0 Å². The number of nitrogens with one attached hydrogen (secondary N) is 2. The molecule has 6 nitrogen and oxygen atoms in total. The van der Waals surface area contributed by atoms with Gasteiger partial charge in [0, 0.05) is 19.6 Å². The summed E-state index contributed by atoms with van der Waals surface area (Å²) in [7, 11) is 0. The highest BCUT2D eigenvalue weighted by Gasteiger charge is 2.20. The fourth-order valence-electron chi connectivity index (χ4n) is 1.51. The second kappa shape index (κ2) is 6.47. The number of nitrogens with zero attached hydrogens (tertiary/aromatic N) is 1. The lowest BCUT2D eigenvalue weighted by Crippen LogP contribution is -2.40. The van der Waals surface area contributed by atoms with Crippen LogP contribution in [0.15, 0.2) is 0 Å². The fourth-order valence-corrected chi connectivity index (χ4v) is 1.51. The SMILES string of the molecule is CC(C)(C)CNC(=O)NCCCN1CCOC1=O. The van der Waals surface area contributed by atoms with E-state index in [9.17, 15) is 9.59 Å². The number of ether oxygens (including phenoxy) is 1. The summed E-state index contributed by atoms with van der Waals surface area (Å²) in [4.78, 5) is 24.2. The number of amides is 3. The summed E-state index contributed by atoms with van der Waals surface area (Å²) in [5.74, 6) is 0. The first-order chi connectivity index (χ1) is 8.38. The van der Waals surface area contributed by atoms with E-state index in [0.29, 0.717) is 32.8 Å². The van der Waals surface area contributed by atoms with Crippen LogP contribution in [-0.2, 0) is 4.74 Å². The second-order valence-electron chi connectivity index (χ2n) is 5.63. The van der Waals surface area contributed by atoms with E-state index >= 15 is 0 Å². The third-order valence-corrected chi connectivity index (χ3v) is 2.51. The number of cyclic esters (lactones) is 1. The first kappa shape index (κ1) is 14.6. The van der Waals surface area contributed by atoms with E-state index in [1.807, 2.05) is 0 Å². The molecule has 0 aromatic heterocycles. The van der Waals surface area contributed by atoms with Gasteiger partial charge in [-0.1, -0.05) is 20.8 Å². The summed E-state index contributed by atoms with van der Waals surface area (Å²) in [5.41, 5.74) is 0.0800. The minimum absolute atomic E-state index is 0.0800. The Hall–Kier alpha value is -1.46. The molecule has 2 N–H and O–H groups in total. The molecule has 3 amide bonds. The van der Waals surface area contributed by atoms with Gasteiger partial charge in [0.15, 0.2) is 0 Å². The van der Waals surface area contributed by atoms with Gasteiger partial charge in [-0.25, -0.2) is 9.59 Å². The molecule has 18 heavy (non-hydrogen) atoms. The van der Waals surface area contributed by atoms with Crippen LogP contribution in [0.2, 0.25) is 0 Å². The van der Waals surface area contributed by atoms with Crippen LogP contribution >= 0.6 is 0 Å². The molecule has 1 aliphatic rings. The van der Waals surface area contributed by atoms with Crippen molar-refractivity contribution in [3.8, 4) is 0 Å². The van der Waals surface area contributed by atoms with E-state index < -0.39 is 0 Å². The lowest BCUT2D eigenvalue weighted by Gasteiger charge is -2.19. The monoisotopic (exact) mass is 257 g/mol. The van der Waals surface area contributed by atoms with E-state index in [-0.39, 0.29) is 17.5 Å². The lowest BCUT2D eigenvalue weighted by molar-refractivity contribution is 0.158. The highest BCUT2D eigenvalue weighted by atomic mass is 16.6. The standard InChI is InChI=1S/C12H23N3O3/c1-12(2,3)9-14-10(16)13-5-4-6-15-7-8-18-11(15)17/h4-9H2,1-3H3,(H2,13,14,16). The maximum Gasteiger partial charge on any atom is 0.409 e. The molecule has 104 valence electrons. The number of urea groups is 1. The largest absolute Gasteiger partial charge is 0.448 e. The van der Waals surface area contributed by atoms with Gasteiger partial charge in [-0.15, -0.1) is 0 Å². The molecule has 1 saturated heterocycles. The summed E-state index contributed by atoms with van der Waals surface area (Å²) in [5, 5.41) is 5.57. The first-order valence-corrected chi connectivity index (χ1v) is 6.32. The van der Waals surface area contributed by atoms with Gasteiger partial charge in [0.2, 0.25) is 0 Å². The average molecular weight is 257 g/mol. The van der Waals surface area contributed by atoms with Gasteiger partial charge >= 0.3 is 12.1 Å². The summed E-state index contributed by atoms with van der Waals surface area (Å²) in [6, 6.07) is -0.158. The highest BCUT2D eigenvalue weighted by molar-refractivity contribution is 5.73. The minimum atomic E-state index is -0.257. The molecule has 0 saturated carbocycles. The van der Waals surface area contributed by atoms with E-state index in [0.717, 1.165) is 6.42 Å². The van der Waals surface area contributed by atoms with Gasteiger partial charge in [-0.2, -0.15) is 0 Å². The van der Waals surface area contributed by atoms with Crippen molar-refractivity contribution < 1.29 is 14.3 Å². The number of rotatable bonds is 5. The summed E-state index contributed by atoms with van der Waals surface area (Å²) < 4.78 is 4.81. The lowest BCUT2D eigenvalue weighted by atomic mass is 9.97. The number of carbonyl (C=O) groups is 2. The van der Waals surface area contributed by atoms with Gasteiger partial charge in [0.05, 0.1) is 6.54 Å². The zero-order chi connectivity index (χ0) is 13.6. The Kier molecular flexibility index (Phi) is 5.25. The van der Waals surface area contributed by atoms with Gasteiger partial charge in [-0.3, -0.25) is 0 Å². The normalized spacial score (nSPS) is 15.5. The maximum atomic E-state index is 11.4. The van der Waals surface area contributed by atoms with Crippen LogP contribution in [0.1, 0.15) is 27.2 Å². The number of hydrogen-bond donors (Lipinski definition) is 2. The van der Waals surface area contributed by atoms with Crippen molar-refractivity contribution >= 4 is 12.1 Å². The second-order valence-corrected chi connectivity index (χ2v) is 5.63. The van der Waals surface area contributed by atoms with Crippen molar-refractivity contribution in [2.75, 3.05) is 32.8 Å². The van der Waals surface area contributed by atoms with Crippen LogP contribution in [0, 0.1) is 5.41 Å². The Bertz CT molecular complexity index is 299. The van der Waals surface area contributed by atoms with E-state index in [2.05, 4.69) is 31.4 Å². The fraction of sp³-hybridized carbons (Fsp3) is 0.833. The molecule has 0 bridgehead atoms. The molecule has 0 unspecified atom stereocenters. The maximum absolute atomic E-state index is 11.4. The van der Waals surface area contributed by atoms with E-state index in [4.69, 9.17) is 4.74 Å². The van der Waals surface area contributed by atoms with Crippen LogP contribution in [-0.4, -0.2) is 49.8 Å². The third kappa shape index (κ3) is 5.75. The molecular formula is C12H23N3O3. The van der Waals surface area contributed by atoms with Crippen molar-refractivity contribution in [2.45, 2.75) is 27.2 Å². The topological polar surface area (TPSA) is 70.7 Å². The van der Waals surface area contributed by atoms with Crippen LogP contribution < -0.4 is 10.6 Å². The number of carbonyl (C=O) groups excluding carboxylic acids is 2. The Morgan fingerprint density at radius 1 is 1.39 bits per heavy atom. The zero-order valence-electron chi connectivity index (χ0n) is 11.4. The molecule has 0 spiro atoms. The molecule has 1 rings (SSSR count). The highest BCUT2D eigenvalue weighted by Crippen LogP contribution is 2.09. The van der Waals surface area contributed by atoms with Gasteiger partial charge in [-0.05, 0) is 11.8 Å². The van der Waals surface area contributed by atoms with Crippen molar-refractivity contribution in [1.82, 2.24) is 15.5 Å². The van der Waals surface area contributed by atoms with E-state index in [1.165, 1.54) is 0 Å². The molecule has 6 heteroatoms. The van der Waals surface area contributed by atoms with Crippen LogP contribution in [0.5, 0.6) is 0 Å². The minimum Gasteiger partial charge on any atom is -0.448 e. The molecular weight excluding hydrogens is 234 g/mol. The summed E-state index contributed by atoms with van der Waals surface area (Å²) in [6.07, 6.45) is 0.477. The molecule has 1 heterocycles. The quantitative estimate of drug-likeness (QED) is 0.726. The third-order valence-electron chi connectivity index (χ3n) is 2.51. The smallest absolute Gasteiger partial charge is 0.409 e.